The predicted molar refractivity (Wildman–Crippen MR) is 51.6 cm³/mol. The van der Waals surface area contributed by atoms with Gasteiger partial charge in [-0.25, -0.2) is 4.98 Å². The molecule has 0 aliphatic heterocycles. The maximum absolute atomic E-state index is 9.37. The summed E-state index contributed by atoms with van der Waals surface area (Å²) in [5.41, 5.74) is 0.712. The lowest BCUT2D eigenvalue weighted by Crippen LogP contribution is -1.98. The van der Waals surface area contributed by atoms with E-state index < -0.39 is 6.10 Å². The molecule has 0 aromatic carbocycles. The van der Waals surface area contributed by atoms with E-state index in [9.17, 15) is 5.11 Å². The largest absolute Gasteiger partial charge is 0.386 e. The molecule has 0 saturated carbocycles. The number of nitrogens with zero attached hydrogens (tertiary/aromatic N) is 1. The van der Waals surface area contributed by atoms with E-state index in [1.54, 1.807) is 7.11 Å². The van der Waals surface area contributed by atoms with Gasteiger partial charge in [-0.15, -0.1) is 11.3 Å². The third-order valence-electron chi connectivity index (χ3n) is 1.32. The van der Waals surface area contributed by atoms with Crippen molar-refractivity contribution < 1.29 is 9.84 Å². The van der Waals surface area contributed by atoms with E-state index in [1.165, 1.54) is 11.3 Å². The van der Waals surface area contributed by atoms with Gasteiger partial charge in [-0.05, 0) is 0 Å². The molecule has 0 aliphatic rings. The number of methoxy groups -OCH3 is 1. The summed E-state index contributed by atoms with van der Waals surface area (Å²) in [6.45, 7) is 0.514. The maximum atomic E-state index is 9.37. The molecule has 0 aliphatic carbocycles. The lowest BCUT2D eigenvalue weighted by molar-refractivity contribution is 0.181. The van der Waals surface area contributed by atoms with Gasteiger partial charge in [0.1, 0.15) is 11.1 Å². The van der Waals surface area contributed by atoms with Crippen molar-refractivity contribution in [2.75, 3.05) is 12.4 Å². The second kappa shape index (κ2) is 4.91. The molecule has 0 spiro atoms. The number of hydrogen-bond donors (Lipinski definition) is 1. The van der Waals surface area contributed by atoms with Gasteiger partial charge in [-0.3, -0.25) is 0 Å². The average molecular weight is 252 g/mol. The van der Waals surface area contributed by atoms with Crippen molar-refractivity contribution in [1.82, 2.24) is 4.98 Å². The van der Waals surface area contributed by atoms with E-state index in [1.807, 2.05) is 5.38 Å². The molecule has 1 atom stereocenters. The molecule has 68 valence electrons. The molecule has 0 radical (unpaired) electrons. The molecule has 5 heteroatoms. The molecule has 1 heterocycles. The number of hydrogen-bond acceptors (Lipinski definition) is 4. The van der Waals surface area contributed by atoms with Gasteiger partial charge in [0.15, 0.2) is 0 Å². The Morgan fingerprint density at radius 1 is 1.83 bits per heavy atom. The Morgan fingerprint density at radius 2 is 2.58 bits per heavy atom. The first-order valence-electron chi connectivity index (χ1n) is 3.45. The first kappa shape index (κ1) is 10.1. The van der Waals surface area contributed by atoms with Crippen LogP contribution < -0.4 is 0 Å². The van der Waals surface area contributed by atoms with Crippen LogP contribution in [0.4, 0.5) is 0 Å². The topological polar surface area (TPSA) is 42.4 Å². The van der Waals surface area contributed by atoms with Gasteiger partial charge in [0.05, 0.1) is 12.3 Å². The van der Waals surface area contributed by atoms with Crippen molar-refractivity contribution in [3.63, 3.8) is 0 Å². The van der Waals surface area contributed by atoms with Crippen molar-refractivity contribution in [1.29, 1.82) is 0 Å². The Labute approximate surface area is 83.5 Å². The van der Waals surface area contributed by atoms with Crippen molar-refractivity contribution >= 4 is 27.3 Å². The van der Waals surface area contributed by atoms with Gasteiger partial charge in [0.2, 0.25) is 0 Å². The number of alkyl halides is 1. The van der Waals surface area contributed by atoms with Gasteiger partial charge in [-0.1, -0.05) is 15.9 Å². The fourth-order valence-corrected chi connectivity index (χ4v) is 1.89. The Morgan fingerprint density at radius 3 is 3.17 bits per heavy atom. The standard InChI is InChI=1S/C7H10BrNO2S/c1-11-3-7-9-5(4-12-7)6(10)2-8/h4,6,10H,2-3H2,1H3. The van der Waals surface area contributed by atoms with E-state index in [0.29, 0.717) is 17.6 Å². The summed E-state index contributed by atoms with van der Waals surface area (Å²) in [6, 6.07) is 0. The second-order valence-electron chi connectivity index (χ2n) is 2.27. The zero-order valence-corrected chi connectivity index (χ0v) is 9.06. The number of thiazole rings is 1. The molecule has 0 bridgehead atoms. The fourth-order valence-electron chi connectivity index (χ4n) is 0.747. The van der Waals surface area contributed by atoms with Gasteiger partial charge < -0.3 is 9.84 Å². The van der Waals surface area contributed by atoms with Crippen molar-refractivity contribution in [3.05, 3.63) is 16.1 Å². The zero-order valence-electron chi connectivity index (χ0n) is 6.66. The molecule has 0 fully saturated rings. The van der Waals surface area contributed by atoms with Crippen molar-refractivity contribution in [3.8, 4) is 0 Å². The summed E-state index contributed by atoms with van der Waals surface area (Å²) >= 11 is 4.68. The lowest BCUT2D eigenvalue weighted by atomic mass is 10.3. The third-order valence-corrected chi connectivity index (χ3v) is 2.78. The second-order valence-corrected chi connectivity index (χ2v) is 3.86. The number of aliphatic hydroxyl groups excluding tert-OH is 1. The molecule has 1 N–H and O–H groups in total. The minimum absolute atomic E-state index is 0.508. The molecule has 3 nitrogen and oxygen atoms in total. The van der Waals surface area contributed by atoms with Crippen LogP contribution in [0.5, 0.6) is 0 Å². The van der Waals surface area contributed by atoms with Gasteiger partial charge >= 0.3 is 0 Å². The first-order valence-corrected chi connectivity index (χ1v) is 5.45. The molecule has 1 rings (SSSR count). The van der Waals surface area contributed by atoms with Crippen LogP contribution in [-0.2, 0) is 11.3 Å². The van der Waals surface area contributed by atoms with E-state index in [0.717, 1.165) is 5.01 Å². The zero-order chi connectivity index (χ0) is 8.97. The molecule has 1 aromatic heterocycles. The Hall–Kier alpha value is 0.0300. The Balaban J connectivity index is 2.63. The summed E-state index contributed by atoms with van der Waals surface area (Å²) in [6.07, 6.45) is -0.508. The molecule has 0 amide bonds. The third kappa shape index (κ3) is 2.52. The molecule has 0 saturated heterocycles. The maximum Gasteiger partial charge on any atom is 0.119 e. The summed E-state index contributed by atoms with van der Waals surface area (Å²) in [4.78, 5) is 4.18. The summed E-state index contributed by atoms with van der Waals surface area (Å²) < 4.78 is 4.91. The number of aliphatic hydroxyl groups is 1. The van der Waals surface area contributed by atoms with E-state index in [4.69, 9.17) is 4.74 Å². The summed E-state index contributed by atoms with van der Waals surface area (Å²) in [5.74, 6) is 0. The predicted octanol–water partition coefficient (Wildman–Crippen LogP) is 1.72. The van der Waals surface area contributed by atoms with Crippen LogP contribution in [-0.4, -0.2) is 22.5 Å². The fraction of sp³-hybridized carbons (Fsp3) is 0.571. The highest BCUT2D eigenvalue weighted by atomic mass is 79.9. The van der Waals surface area contributed by atoms with Gasteiger partial charge in [0, 0.05) is 17.8 Å². The van der Waals surface area contributed by atoms with E-state index in [2.05, 4.69) is 20.9 Å². The first-order chi connectivity index (χ1) is 5.77. The number of ether oxygens (including phenoxy) is 1. The van der Waals surface area contributed by atoms with Crippen LogP contribution in [0.2, 0.25) is 0 Å². The smallest absolute Gasteiger partial charge is 0.119 e. The molecular formula is C7H10BrNO2S. The van der Waals surface area contributed by atoms with E-state index >= 15 is 0 Å². The number of halogens is 1. The van der Waals surface area contributed by atoms with Gasteiger partial charge in [0.25, 0.3) is 0 Å². The van der Waals surface area contributed by atoms with E-state index in [-0.39, 0.29) is 0 Å². The number of rotatable bonds is 4. The molecule has 12 heavy (non-hydrogen) atoms. The molecular weight excluding hydrogens is 242 g/mol. The molecule has 1 aromatic rings. The van der Waals surface area contributed by atoms with Crippen molar-refractivity contribution in [2.24, 2.45) is 0 Å². The van der Waals surface area contributed by atoms with Crippen LogP contribution in [0.15, 0.2) is 5.38 Å². The Bertz CT molecular complexity index is 241. The number of aromatic nitrogens is 1. The highest BCUT2D eigenvalue weighted by Crippen LogP contribution is 2.18. The molecule has 1 unspecified atom stereocenters. The van der Waals surface area contributed by atoms with Crippen LogP contribution in [0.1, 0.15) is 16.8 Å². The van der Waals surface area contributed by atoms with Crippen LogP contribution >= 0.6 is 27.3 Å². The monoisotopic (exact) mass is 251 g/mol. The lowest BCUT2D eigenvalue weighted by Gasteiger charge is -2.00. The Kier molecular flexibility index (Phi) is 4.14. The summed E-state index contributed by atoms with van der Waals surface area (Å²) in [7, 11) is 1.63. The minimum Gasteiger partial charge on any atom is -0.386 e. The van der Waals surface area contributed by atoms with Crippen LogP contribution in [0, 0.1) is 0 Å². The quantitative estimate of drug-likeness (QED) is 0.829. The minimum atomic E-state index is -0.508. The normalized spacial score (nSPS) is 13.2. The average Bonchev–Trinajstić information content (AvgIpc) is 2.52. The van der Waals surface area contributed by atoms with Crippen LogP contribution in [0.25, 0.3) is 0 Å². The highest BCUT2D eigenvalue weighted by molar-refractivity contribution is 9.09. The van der Waals surface area contributed by atoms with Gasteiger partial charge in [-0.2, -0.15) is 0 Å². The van der Waals surface area contributed by atoms with Crippen LogP contribution in [0.3, 0.4) is 0 Å². The highest BCUT2D eigenvalue weighted by Gasteiger charge is 2.09. The summed E-state index contributed by atoms with van der Waals surface area (Å²) in [5, 5.41) is 12.6. The SMILES string of the molecule is COCc1nc(C(O)CBr)cs1. The van der Waals surface area contributed by atoms with Crippen molar-refractivity contribution in [2.45, 2.75) is 12.7 Å².